The molecule has 0 spiro atoms. The topological polar surface area (TPSA) is 79.1 Å². The van der Waals surface area contributed by atoms with E-state index < -0.39 is 18.0 Å². The van der Waals surface area contributed by atoms with Crippen LogP contribution < -0.4 is 5.73 Å². The van der Waals surface area contributed by atoms with Crippen LogP contribution in [0.1, 0.15) is 5.56 Å². The first-order valence-electron chi connectivity index (χ1n) is 4.83. The third kappa shape index (κ3) is 1.77. The number of para-hydroxylation sites is 1. The number of nitrogens with two attached hydrogens (primary N) is 1. The van der Waals surface area contributed by atoms with Gasteiger partial charge >= 0.3 is 5.97 Å². The summed E-state index contributed by atoms with van der Waals surface area (Å²) in [6, 6.07) is 5.92. The maximum Gasteiger partial charge on any atom is 0.320 e. The number of carboxylic acids is 1. The summed E-state index contributed by atoms with van der Waals surface area (Å²) >= 11 is 0. The third-order valence-corrected chi connectivity index (χ3v) is 2.50. The number of aliphatic carboxylic acids is 1. The van der Waals surface area contributed by atoms with Crippen molar-refractivity contribution in [1.82, 2.24) is 4.98 Å². The van der Waals surface area contributed by atoms with Gasteiger partial charge < -0.3 is 15.8 Å². The predicted molar refractivity (Wildman–Crippen MR) is 57.6 cm³/mol. The fourth-order valence-electron chi connectivity index (χ4n) is 1.67. The van der Waals surface area contributed by atoms with Crippen molar-refractivity contribution in [3.63, 3.8) is 0 Å². The zero-order valence-corrected chi connectivity index (χ0v) is 8.40. The number of rotatable bonds is 3. The molecule has 0 saturated carbocycles. The van der Waals surface area contributed by atoms with Gasteiger partial charge in [0.05, 0.1) is 0 Å². The van der Waals surface area contributed by atoms with Gasteiger partial charge in [-0.05, 0) is 6.07 Å². The van der Waals surface area contributed by atoms with Gasteiger partial charge in [-0.2, -0.15) is 4.39 Å². The molecular weight excluding hydrogens is 211 g/mol. The van der Waals surface area contributed by atoms with Crippen LogP contribution in [0.4, 0.5) is 4.39 Å². The van der Waals surface area contributed by atoms with E-state index in [0.717, 1.165) is 0 Å². The van der Waals surface area contributed by atoms with Crippen molar-refractivity contribution >= 4 is 16.9 Å². The molecule has 0 unspecified atom stereocenters. The zero-order chi connectivity index (χ0) is 11.7. The first-order chi connectivity index (χ1) is 7.59. The maximum absolute atomic E-state index is 13.5. The molecule has 5 heteroatoms. The van der Waals surface area contributed by atoms with Crippen molar-refractivity contribution in [1.29, 1.82) is 0 Å². The highest BCUT2D eigenvalue weighted by molar-refractivity contribution is 5.84. The summed E-state index contributed by atoms with van der Waals surface area (Å²) in [7, 11) is 0. The average molecular weight is 222 g/mol. The van der Waals surface area contributed by atoms with Crippen LogP contribution >= 0.6 is 0 Å². The minimum Gasteiger partial charge on any atom is -0.480 e. The molecule has 1 heterocycles. The molecule has 84 valence electrons. The van der Waals surface area contributed by atoms with Gasteiger partial charge in [0, 0.05) is 22.9 Å². The Labute approximate surface area is 90.9 Å². The maximum atomic E-state index is 13.5. The van der Waals surface area contributed by atoms with E-state index >= 15 is 0 Å². The molecule has 1 atom stereocenters. The van der Waals surface area contributed by atoms with E-state index in [9.17, 15) is 9.18 Å². The Balaban J connectivity index is 2.43. The first kappa shape index (κ1) is 10.6. The number of fused-ring (bicyclic) bond motifs is 1. The second-order valence-corrected chi connectivity index (χ2v) is 3.61. The normalized spacial score (nSPS) is 12.9. The highest BCUT2D eigenvalue weighted by Gasteiger charge is 2.18. The minimum absolute atomic E-state index is 0.0226. The van der Waals surface area contributed by atoms with Crippen molar-refractivity contribution in [2.45, 2.75) is 12.5 Å². The molecular formula is C11H11FN2O2. The average Bonchev–Trinajstić information content (AvgIpc) is 2.55. The number of hydrogen-bond donors (Lipinski definition) is 3. The van der Waals surface area contributed by atoms with Crippen molar-refractivity contribution in [3.8, 4) is 0 Å². The number of aromatic amines is 1. The van der Waals surface area contributed by atoms with Crippen molar-refractivity contribution < 1.29 is 14.3 Å². The molecule has 0 aliphatic heterocycles. The molecule has 16 heavy (non-hydrogen) atoms. The fourth-order valence-corrected chi connectivity index (χ4v) is 1.67. The number of H-pyrrole nitrogens is 1. The van der Waals surface area contributed by atoms with Crippen LogP contribution in [0.5, 0.6) is 0 Å². The van der Waals surface area contributed by atoms with Gasteiger partial charge in [0.2, 0.25) is 0 Å². The monoisotopic (exact) mass is 222 g/mol. The van der Waals surface area contributed by atoms with Gasteiger partial charge in [0.25, 0.3) is 0 Å². The summed E-state index contributed by atoms with van der Waals surface area (Å²) in [6.07, 6.45) is -0.0226. The lowest BCUT2D eigenvalue weighted by Gasteiger charge is -2.04. The predicted octanol–water partition coefficient (Wildman–Crippen LogP) is 1.26. The molecule has 0 bridgehead atoms. The Morgan fingerprint density at radius 3 is 2.88 bits per heavy atom. The van der Waals surface area contributed by atoms with Crippen LogP contribution in [0.15, 0.2) is 24.3 Å². The molecule has 4 N–H and O–H groups in total. The van der Waals surface area contributed by atoms with Crippen molar-refractivity contribution in [3.05, 3.63) is 35.8 Å². The highest BCUT2D eigenvalue weighted by atomic mass is 19.1. The van der Waals surface area contributed by atoms with E-state index in [-0.39, 0.29) is 6.42 Å². The third-order valence-electron chi connectivity index (χ3n) is 2.50. The SMILES string of the molecule is N[C@@H](Cc1c(F)[nH]c2ccccc12)C(=O)O. The molecule has 2 aromatic rings. The molecule has 0 radical (unpaired) electrons. The van der Waals surface area contributed by atoms with Gasteiger partial charge in [-0.15, -0.1) is 0 Å². The van der Waals surface area contributed by atoms with Gasteiger partial charge in [-0.1, -0.05) is 18.2 Å². The highest BCUT2D eigenvalue weighted by Crippen LogP contribution is 2.22. The Hall–Kier alpha value is -1.88. The van der Waals surface area contributed by atoms with Crippen LogP contribution in [0.25, 0.3) is 10.9 Å². The molecule has 4 nitrogen and oxygen atoms in total. The number of aromatic nitrogens is 1. The van der Waals surface area contributed by atoms with Gasteiger partial charge in [-0.25, -0.2) is 0 Å². The first-order valence-corrected chi connectivity index (χ1v) is 4.83. The van der Waals surface area contributed by atoms with E-state index in [4.69, 9.17) is 10.8 Å². The molecule has 0 aliphatic rings. The second-order valence-electron chi connectivity index (χ2n) is 3.61. The van der Waals surface area contributed by atoms with E-state index in [1.807, 2.05) is 0 Å². The van der Waals surface area contributed by atoms with Crippen LogP contribution in [0.3, 0.4) is 0 Å². The number of halogens is 1. The summed E-state index contributed by atoms with van der Waals surface area (Å²) in [5, 5.41) is 9.36. The van der Waals surface area contributed by atoms with Gasteiger partial charge in [0.15, 0.2) is 5.95 Å². The lowest BCUT2D eigenvalue weighted by Crippen LogP contribution is -2.32. The standard InChI is InChI=1S/C11H11FN2O2/c12-10-7(5-8(13)11(15)16)6-3-1-2-4-9(6)14-10/h1-4,8,14H,5,13H2,(H,15,16)/t8-/m0/s1. The summed E-state index contributed by atoms with van der Waals surface area (Å²) in [5.74, 6) is -1.65. The van der Waals surface area contributed by atoms with E-state index in [2.05, 4.69) is 4.98 Å². The molecule has 0 saturated heterocycles. The Kier molecular flexibility index (Phi) is 2.62. The molecule has 1 aromatic carbocycles. The van der Waals surface area contributed by atoms with Crippen molar-refractivity contribution in [2.75, 3.05) is 0 Å². The van der Waals surface area contributed by atoms with Crippen LogP contribution in [-0.4, -0.2) is 22.1 Å². The van der Waals surface area contributed by atoms with Crippen LogP contribution in [0, 0.1) is 5.95 Å². The van der Waals surface area contributed by atoms with E-state index in [1.54, 1.807) is 24.3 Å². The quantitative estimate of drug-likeness (QED) is 0.731. The molecule has 0 amide bonds. The van der Waals surface area contributed by atoms with Crippen LogP contribution in [0.2, 0.25) is 0 Å². The Bertz CT molecular complexity index is 536. The Morgan fingerprint density at radius 1 is 1.50 bits per heavy atom. The summed E-state index contributed by atoms with van der Waals surface area (Å²) in [6.45, 7) is 0. The summed E-state index contributed by atoms with van der Waals surface area (Å²) < 4.78 is 13.5. The Morgan fingerprint density at radius 2 is 2.19 bits per heavy atom. The van der Waals surface area contributed by atoms with Gasteiger partial charge in [0.1, 0.15) is 6.04 Å². The molecule has 1 aromatic heterocycles. The van der Waals surface area contributed by atoms with Crippen LogP contribution in [-0.2, 0) is 11.2 Å². The number of hydrogen-bond acceptors (Lipinski definition) is 2. The number of nitrogens with one attached hydrogen (secondary N) is 1. The summed E-state index contributed by atoms with van der Waals surface area (Å²) in [4.78, 5) is 13.2. The lowest BCUT2D eigenvalue weighted by atomic mass is 10.1. The molecule has 2 rings (SSSR count). The largest absolute Gasteiger partial charge is 0.480 e. The second kappa shape index (κ2) is 3.94. The molecule has 0 fully saturated rings. The smallest absolute Gasteiger partial charge is 0.320 e. The number of benzene rings is 1. The number of carbonyl (C=O) groups is 1. The van der Waals surface area contributed by atoms with Gasteiger partial charge in [-0.3, -0.25) is 4.79 Å². The number of carboxylic acid groups (broad SMARTS) is 1. The lowest BCUT2D eigenvalue weighted by molar-refractivity contribution is -0.138. The van der Waals surface area contributed by atoms with E-state index in [0.29, 0.717) is 16.5 Å². The minimum atomic E-state index is -1.13. The van der Waals surface area contributed by atoms with Crippen molar-refractivity contribution in [2.24, 2.45) is 5.73 Å². The summed E-state index contributed by atoms with van der Waals surface area (Å²) in [5.41, 5.74) is 6.36. The zero-order valence-electron chi connectivity index (χ0n) is 8.40. The van der Waals surface area contributed by atoms with E-state index in [1.165, 1.54) is 0 Å². The fraction of sp³-hybridized carbons (Fsp3) is 0.182. The molecule has 0 aliphatic carbocycles.